The van der Waals surface area contributed by atoms with Crippen molar-refractivity contribution in [1.82, 2.24) is 14.5 Å². The predicted octanol–water partition coefficient (Wildman–Crippen LogP) is 0.905. The highest BCUT2D eigenvalue weighted by molar-refractivity contribution is 5.92. The van der Waals surface area contributed by atoms with Crippen molar-refractivity contribution >= 4 is 5.91 Å². The van der Waals surface area contributed by atoms with Gasteiger partial charge >= 0.3 is 0 Å². The largest absolute Gasteiger partial charge is 0.340 e. The Morgan fingerprint density at radius 2 is 2.50 bits per heavy atom. The number of terminal acetylenes is 1. The number of hydrogen-bond donors (Lipinski definition) is 0. The summed E-state index contributed by atoms with van der Waals surface area (Å²) in [6, 6.07) is 0. The van der Waals surface area contributed by atoms with Crippen LogP contribution in [0.1, 0.15) is 23.3 Å². The molecule has 4 heteroatoms. The van der Waals surface area contributed by atoms with Gasteiger partial charge in [-0.1, -0.05) is 5.92 Å². The van der Waals surface area contributed by atoms with Crippen molar-refractivity contribution in [3.05, 3.63) is 18.2 Å². The molecule has 1 fully saturated rings. The van der Waals surface area contributed by atoms with Crippen LogP contribution in [0.3, 0.4) is 0 Å². The zero-order valence-electron chi connectivity index (χ0n) is 9.39. The van der Waals surface area contributed by atoms with Gasteiger partial charge in [-0.2, -0.15) is 0 Å². The smallest absolute Gasteiger partial charge is 0.274 e. The van der Waals surface area contributed by atoms with E-state index in [0.29, 0.717) is 18.2 Å². The number of carbonyl (C=O) groups is 1. The molecule has 1 aliphatic carbocycles. The number of aryl methyl sites for hydroxylation is 1. The summed E-state index contributed by atoms with van der Waals surface area (Å²) in [5.41, 5.74) is 0.471. The summed E-state index contributed by atoms with van der Waals surface area (Å²) in [6.07, 6.45) is 11.0. The number of amides is 1. The van der Waals surface area contributed by atoms with E-state index in [1.165, 1.54) is 12.8 Å². The molecule has 4 nitrogen and oxygen atoms in total. The van der Waals surface area contributed by atoms with Gasteiger partial charge in [0.05, 0.1) is 12.9 Å². The Labute approximate surface area is 95.3 Å². The third-order valence-corrected chi connectivity index (χ3v) is 2.67. The van der Waals surface area contributed by atoms with E-state index in [1.54, 1.807) is 22.0 Å². The molecule has 0 aliphatic heterocycles. The molecule has 1 aromatic heterocycles. The summed E-state index contributed by atoms with van der Waals surface area (Å²) in [5, 5.41) is 0. The summed E-state index contributed by atoms with van der Waals surface area (Å²) >= 11 is 0. The van der Waals surface area contributed by atoms with E-state index in [9.17, 15) is 4.79 Å². The van der Waals surface area contributed by atoms with Crippen LogP contribution in [0.4, 0.5) is 0 Å². The van der Waals surface area contributed by atoms with Crippen LogP contribution >= 0.6 is 0 Å². The first-order valence-corrected chi connectivity index (χ1v) is 5.41. The Balaban J connectivity index is 2.06. The minimum absolute atomic E-state index is 0.0644. The van der Waals surface area contributed by atoms with Crippen molar-refractivity contribution in [1.29, 1.82) is 0 Å². The molecule has 0 unspecified atom stereocenters. The lowest BCUT2D eigenvalue weighted by Crippen LogP contribution is -2.33. The van der Waals surface area contributed by atoms with Gasteiger partial charge in [-0.3, -0.25) is 4.79 Å². The standard InChI is InChI=1S/C12H15N3O/c1-3-6-15(7-10-4-5-10)12(16)11-8-14(2)9-13-11/h1,8-10H,4-7H2,2H3. The maximum absolute atomic E-state index is 12.1. The Morgan fingerprint density at radius 3 is 3.00 bits per heavy atom. The SMILES string of the molecule is C#CCN(CC1CC1)C(=O)c1cn(C)cn1. The summed E-state index contributed by atoms with van der Waals surface area (Å²) in [6.45, 7) is 1.13. The Morgan fingerprint density at radius 1 is 1.75 bits per heavy atom. The van der Waals surface area contributed by atoms with E-state index in [2.05, 4.69) is 10.9 Å². The number of imidazole rings is 1. The van der Waals surface area contributed by atoms with Crippen LogP contribution in [0.2, 0.25) is 0 Å². The van der Waals surface area contributed by atoms with Crippen LogP contribution in [-0.2, 0) is 7.05 Å². The number of hydrogen-bond acceptors (Lipinski definition) is 2. The van der Waals surface area contributed by atoms with Crippen LogP contribution in [0.15, 0.2) is 12.5 Å². The highest BCUT2D eigenvalue weighted by Gasteiger charge is 2.27. The van der Waals surface area contributed by atoms with Gasteiger partial charge in [0.25, 0.3) is 5.91 Å². The van der Waals surface area contributed by atoms with Crippen molar-refractivity contribution < 1.29 is 4.79 Å². The van der Waals surface area contributed by atoms with E-state index in [-0.39, 0.29) is 5.91 Å². The highest BCUT2D eigenvalue weighted by Crippen LogP contribution is 2.29. The average molecular weight is 217 g/mol. The maximum atomic E-state index is 12.1. The summed E-state index contributed by atoms with van der Waals surface area (Å²) < 4.78 is 1.76. The molecule has 1 amide bonds. The Bertz CT molecular complexity index is 426. The first-order chi connectivity index (χ1) is 7.70. The van der Waals surface area contributed by atoms with Crippen LogP contribution in [0.25, 0.3) is 0 Å². The third kappa shape index (κ3) is 2.43. The minimum atomic E-state index is -0.0644. The summed E-state index contributed by atoms with van der Waals surface area (Å²) in [4.78, 5) is 17.8. The molecule has 0 N–H and O–H groups in total. The summed E-state index contributed by atoms with van der Waals surface area (Å²) in [5.74, 6) is 3.10. The average Bonchev–Trinajstić information content (AvgIpc) is 2.97. The lowest BCUT2D eigenvalue weighted by Gasteiger charge is -2.18. The fourth-order valence-electron chi connectivity index (χ4n) is 1.63. The molecule has 0 bridgehead atoms. The van der Waals surface area contributed by atoms with Crippen molar-refractivity contribution in [2.75, 3.05) is 13.1 Å². The number of carbonyl (C=O) groups excluding carboxylic acids is 1. The van der Waals surface area contributed by atoms with E-state index in [4.69, 9.17) is 6.42 Å². The van der Waals surface area contributed by atoms with E-state index >= 15 is 0 Å². The molecule has 1 saturated carbocycles. The van der Waals surface area contributed by atoms with E-state index in [1.807, 2.05) is 7.05 Å². The molecule has 84 valence electrons. The Hall–Kier alpha value is -1.76. The first kappa shape index (κ1) is 10.7. The summed E-state index contributed by atoms with van der Waals surface area (Å²) in [7, 11) is 1.84. The number of nitrogens with zero attached hydrogens (tertiary/aromatic N) is 3. The molecule has 0 atom stereocenters. The topological polar surface area (TPSA) is 38.1 Å². The molecular weight excluding hydrogens is 202 g/mol. The van der Waals surface area contributed by atoms with E-state index < -0.39 is 0 Å². The molecule has 0 radical (unpaired) electrons. The fraction of sp³-hybridized carbons (Fsp3) is 0.500. The second-order valence-corrected chi connectivity index (χ2v) is 4.26. The molecule has 1 aromatic rings. The predicted molar refractivity (Wildman–Crippen MR) is 60.7 cm³/mol. The van der Waals surface area contributed by atoms with Crippen molar-refractivity contribution in [2.24, 2.45) is 13.0 Å². The third-order valence-electron chi connectivity index (χ3n) is 2.67. The van der Waals surface area contributed by atoms with Crippen LogP contribution in [0.5, 0.6) is 0 Å². The van der Waals surface area contributed by atoms with Gasteiger partial charge in [0, 0.05) is 19.8 Å². The minimum Gasteiger partial charge on any atom is -0.340 e. The van der Waals surface area contributed by atoms with Crippen LogP contribution in [-0.4, -0.2) is 33.4 Å². The number of aromatic nitrogens is 2. The molecular formula is C12H15N3O. The molecule has 16 heavy (non-hydrogen) atoms. The lowest BCUT2D eigenvalue weighted by atomic mass is 10.3. The molecule has 1 heterocycles. The number of rotatable bonds is 4. The van der Waals surface area contributed by atoms with Gasteiger partial charge in [-0.25, -0.2) is 4.98 Å². The van der Waals surface area contributed by atoms with Gasteiger partial charge in [0.15, 0.2) is 0 Å². The zero-order chi connectivity index (χ0) is 11.5. The highest BCUT2D eigenvalue weighted by atomic mass is 16.2. The van der Waals surface area contributed by atoms with Gasteiger partial charge in [0.1, 0.15) is 5.69 Å². The van der Waals surface area contributed by atoms with Crippen LogP contribution in [0, 0.1) is 18.3 Å². The fourth-order valence-corrected chi connectivity index (χ4v) is 1.63. The van der Waals surface area contributed by atoms with Crippen molar-refractivity contribution in [3.8, 4) is 12.3 Å². The molecule has 0 spiro atoms. The Kier molecular flexibility index (Phi) is 2.95. The normalized spacial score (nSPS) is 14.5. The first-order valence-electron chi connectivity index (χ1n) is 5.41. The van der Waals surface area contributed by atoms with Gasteiger partial charge in [-0.05, 0) is 18.8 Å². The van der Waals surface area contributed by atoms with Gasteiger partial charge in [-0.15, -0.1) is 6.42 Å². The second kappa shape index (κ2) is 4.40. The maximum Gasteiger partial charge on any atom is 0.274 e. The molecule has 0 saturated heterocycles. The molecule has 0 aromatic carbocycles. The molecule has 1 aliphatic rings. The zero-order valence-corrected chi connectivity index (χ0v) is 9.39. The lowest BCUT2D eigenvalue weighted by molar-refractivity contribution is 0.0764. The van der Waals surface area contributed by atoms with E-state index in [0.717, 1.165) is 6.54 Å². The molecule has 2 rings (SSSR count). The quantitative estimate of drug-likeness (QED) is 0.703. The van der Waals surface area contributed by atoms with Crippen molar-refractivity contribution in [3.63, 3.8) is 0 Å². The van der Waals surface area contributed by atoms with Gasteiger partial charge in [0.2, 0.25) is 0 Å². The van der Waals surface area contributed by atoms with Crippen molar-refractivity contribution in [2.45, 2.75) is 12.8 Å². The van der Waals surface area contributed by atoms with Crippen LogP contribution < -0.4 is 0 Å². The second-order valence-electron chi connectivity index (χ2n) is 4.26. The van der Waals surface area contributed by atoms with Gasteiger partial charge < -0.3 is 9.47 Å². The monoisotopic (exact) mass is 217 g/mol.